The zero-order chi connectivity index (χ0) is 24.4. The number of amides is 1. The van der Waals surface area contributed by atoms with Crippen molar-refractivity contribution in [3.63, 3.8) is 0 Å². The van der Waals surface area contributed by atoms with Crippen LogP contribution in [0.5, 0.6) is 11.5 Å². The molecule has 0 spiro atoms. The number of carbonyl (C=O) groups excluding carboxylic acids is 2. The van der Waals surface area contributed by atoms with Crippen LogP contribution in [0.1, 0.15) is 41.0 Å². The molecule has 7 heteroatoms. The van der Waals surface area contributed by atoms with Gasteiger partial charge in [-0.25, -0.2) is 0 Å². The third-order valence-electron chi connectivity index (χ3n) is 5.82. The van der Waals surface area contributed by atoms with Gasteiger partial charge in [-0.3, -0.25) is 9.59 Å². The Bertz CT molecular complexity index is 1240. The molecule has 4 rings (SSSR count). The summed E-state index contributed by atoms with van der Waals surface area (Å²) >= 11 is 0. The number of aryl methyl sites for hydroxylation is 2. The van der Waals surface area contributed by atoms with Crippen LogP contribution in [0.25, 0.3) is 5.76 Å². The van der Waals surface area contributed by atoms with Gasteiger partial charge in [-0.2, -0.15) is 0 Å². The highest BCUT2D eigenvalue weighted by Gasteiger charge is 2.47. The number of aliphatic hydroxyl groups excluding tert-OH is 1. The number of furan rings is 1. The average molecular weight is 462 g/mol. The molecule has 0 aliphatic carbocycles. The first kappa shape index (κ1) is 23.2. The van der Waals surface area contributed by atoms with Crippen molar-refractivity contribution < 1.29 is 28.6 Å². The Labute approximate surface area is 198 Å². The molecule has 1 aliphatic heterocycles. The van der Waals surface area contributed by atoms with Gasteiger partial charge in [0.25, 0.3) is 11.7 Å². The predicted molar refractivity (Wildman–Crippen MR) is 127 cm³/mol. The van der Waals surface area contributed by atoms with E-state index < -0.39 is 17.7 Å². The van der Waals surface area contributed by atoms with Crippen molar-refractivity contribution in [1.29, 1.82) is 0 Å². The number of methoxy groups -OCH3 is 1. The summed E-state index contributed by atoms with van der Waals surface area (Å²) in [5.74, 6) is -0.226. The molecule has 1 saturated heterocycles. The first-order valence-electron chi connectivity index (χ1n) is 11.0. The molecule has 1 fully saturated rings. The number of hydrogen-bond donors (Lipinski definition) is 1. The molecule has 1 unspecified atom stereocenters. The molecule has 176 valence electrons. The Morgan fingerprint density at radius 2 is 1.85 bits per heavy atom. The average Bonchev–Trinajstić information content (AvgIpc) is 3.42. The monoisotopic (exact) mass is 461 g/mol. The Kier molecular flexibility index (Phi) is 6.45. The number of ether oxygens (including phenoxy) is 2. The summed E-state index contributed by atoms with van der Waals surface area (Å²) < 4.78 is 16.6. The van der Waals surface area contributed by atoms with Crippen molar-refractivity contribution in [3.8, 4) is 11.5 Å². The Morgan fingerprint density at radius 3 is 2.47 bits per heavy atom. The largest absolute Gasteiger partial charge is 0.507 e. The summed E-state index contributed by atoms with van der Waals surface area (Å²) in [6.07, 6.45) is 1.48. The summed E-state index contributed by atoms with van der Waals surface area (Å²) in [4.78, 5) is 27.8. The van der Waals surface area contributed by atoms with Gasteiger partial charge in [0.15, 0.2) is 0 Å². The lowest BCUT2D eigenvalue weighted by molar-refractivity contribution is -0.140. The van der Waals surface area contributed by atoms with Crippen molar-refractivity contribution >= 4 is 17.4 Å². The minimum atomic E-state index is -0.882. The molecule has 1 N–H and O–H groups in total. The molecule has 34 heavy (non-hydrogen) atoms. The quantitative estimate of drug-likeness (QED) is 0.305. The van der Waals surface area contributed by atoms with Crippen LogP contribution in [0.4, 0.5) is 0 Å². The van der Waals surface area contributed by atoms with Crippen LogP contribution in [0.15, 0.2) is 64.8 Å². The highest BCUT2D eigenvalue weighted by Crippen LogP contribution is 2.42. The lowest BCUT2D eigenvalue weighted by Gasteiger charge is -2.23. The maximum absolute atomic E-state index is 13.2. The van der Waals surface area contributed by atoms with Crippen LogP contribution in [-0.2, 0) is 16.1 Å². The molecule has 1 amide bonds. The molecule has 0 saturated carbocycles. The molecule has 0 radical (unpaired) electrons. The van der Waals surface area contributed by atoms with E-state index in [1.54, 1.807) is 18.2 Å². The van der Waals surface area contributed by atoms with E-state index >= 15 is 0 Å². The summed E-state index contributed by atoms with van der Waals surface area (Å²) in [5.41, 5.74) is 2.83. The van der Waals surface area contributed by atoms with E-state index in [2.05, 4.69) is 0 Å². The second-order valence-electron chi connectivity index (χ2n) is 8.18. The fraction of sp³-hybridized carbons (Fsp3) is 0.259. The number of likely N-dealkylation sites (tertiary alicyclic amines) is 1. The maximum atomic E-state index is 13.2. The smallest absolute Gasteiger partial charge is 0.296 e. The third kappa shape index (κ3) is 4.17. The van der Waals surface area contributed by atoms with Crippen LogP contribution in [0.2, 0.25) is 0 Å². The topological polar surface area (TPSA) is 89.2 Å². The van der Waals surface area contributed by atoms with E-state index in [0.29, 0.717) is 23.7 Å². The minimum absolute atomic E-state index is 0.0332. The summed E-state index contributed by atoms with van der Waals surface area (Å²) in [6, 6.07) is 13.5. The van der Waals surface area contributed by atoms with E-state index in [1.165, 1.54) is 18.3 Å². The van der Waals surface area contributed by atoms with Crippen molar-refractivity contribution in [2.45, 2.75) is 33.4 Å². The minimum Gasteiger partial charge on any atom is -0.507 e. The van der Waals surface area contributed by atoms with Crippen LogP contribution in [0.3, 0.4) is 0 Å². The van der Waals surface area contributed by atoms with Crippen LogP contribution in [0, 0.1) is 13.8 Å². The summed E-state index contributed by atoms with van der Waals surface area (Å²) in [6.45, 7) is 6.35. The molecular formula is C27H27NO6. The summed E-state index contributed by atoms with van der Waals surface area (Å²) in [5, 5.41) is 11.4. The number of ketones is 1. The zero-order valence-electron chi connectivity index (χ0n) is 19.6. The van der Waals surface area contributed by atoms with Crippen LogP contribution < -0.4 is 9.47 Å². The number of rotatable bonds is 7. The molecule has 2 aromatic carbocycles. The number of aliphatic hydroxyl groups is 1. The predicted octanol–water partition coefficient (Wildman–Crippen LogP) is 4.93. The molecular weight excluding hydrogens is 434 g/mol. The Balaban J connectivity index is 1.82. The third-order valence-corrected chi connectivity index (χ3v) is 5.82. The van der Waals surface area contributed by atoms with Gasteiger partial charge < -0.3 is 23.9 Å². The number of Topliss-reactive ketones (excluding diaryl/α,β-unsaturated/α-hetero) is 1. The lowest BCUT2D eigenvalue weighted by atomic mass is 9.96. The van der Waals surface area contributed by atoms with E-state index in [-0.39, 0.29) is 17.9 Å². The number of nitrogens with zero attached hydrogens (tertiary/aromatic N) is 1. The molecule has 1 aromatic heterocycles. The van der Waals surface area contributed by atoms with Gasteiger partial charge >= 0.3 is 0 Å². The SMILES string of the molecule is CCOc1ccc(CN2C(=O)C(=O)/C(=C(\O)c3cc(C)cc(C)c3OC)C2c2ccco2)cc1. The molecule has 3 aromatic rings. The van der Waals surface area contributed by atoms with E-state index in [0.717, 1.165) is 22.4 Å². The van der Waals surface area contributed by atoms with Gasteiger partial charge in [-0.1, -0.05) is 18.2 Å². The van der Waals surface area contributed by atoms with E-state index in [1.807, 2.05) is 51.1 Å². The first-order valence-corrected chi connectivity index (χ1v) is 11.0. The second-order valence-corrected chi connectivity index (χ2v) is 8.18. The van der Waals surface area contributed by atoms with Crippen molar-refractivity contribution in [1.82, 2.24) is 4.90 Å². The van der Waals surface area contributed by atoms with E-state index in [4.69, 9.17) is 13.9 Å². The van der Waals surface area contributed by atoms with Gasteiger partial charge in [-0.05, 0) is 67.8 Å². The van der Waals surface area contributed by atoms with Crippen LogP contribution in [-0.4, -0.2) is 35.4 Å². The van der Waals surface area contributed by atoms with Crippen molar-refractivity contribution in [3.05, 3.63) is 88.4 Å². The standard InChI is InChI=1S/C27H27NO6/c1-5-33-19-10-8-18(9-11-19)15-28-23(21-7-6-12-34-21)22(25(30)27(28)31)24(29)20-14-16(2)13-17(3)26(20)32-4/h6-14,23,29H,5,15H2,1-4H3/b24-22-. The second kappa shape index (κ2) is 9.47. The van der Waals surface area contributed by atoms with Gasteiger partial charge in [0, 0.05) is 6.54 Å². The van der Waals surface area contributed by atoms with Gasteiger partial charge in [0.2, 0.25) is 0 Å². The molecule has 2 heterocycles. The highest BCUT2D eigenvalue weighted by molar-refractivity contribution is 6.46. The Morgan fingerprint density at radius 1 is 1.12 bits per heavy atom. The van der Waals surface area contributed by atoms with E-state index in [9.17, 15) is 14.7 Å². The molecule has 1 aliphatic rings. The lowest BCUT2D eigenvalue weighted by Crippen LogP contribution is -2.29. The number of carbonyl (C=O) groups is 2. The normalized spacial score (nSPS) is 17.3. The van der Waals surface area contributed by atoms with Gasteiger partial charge in [-0.15, -0.1) is 0 Å². The maximum Gasteiger partial charge on any atom is 0.296 e. The summed E-state index contributed by atoms with van der Waals surface area (Å²) in [7, 11) is 1.50. The van der Waals surface area contributed by atoms with Gasteiger partial charge in [0.05, 0.1) is 31.1 Å². The van der Waals surface area contributed by atoms with Gasteiger partial charge in [0.1, 0.15) is 29.1 Å². The number of hydrogen-bond acceptors (Lipinski definition) is 6. The fourth-order valence-corrected chi connectivity index (χ4v) is 4.39. The zero-order valence-corrected chi connectivity index (χ0v) is 19.6. The first-order chi connectivity index (χ1) is 16.3. The molecule has 7 nitrogen and oxygen atoms in total. The molecule has 1 atom stereocenters. The fourth-order valence-electron chi connectivity index (χ4n) is 4.39. The number of benzene rings is 2. The van der Waals surface area contributed by atoms with Crippen molar-refractivity contribution in [2.24, 2.45) is 0 Å². The highest BCUT2D eigenvalue weighted by atomic mass is 16.5. The van der Waals surface area contributed by atoms with Crippen LogP contribution >= 0.6 is 0 Å². The van der Waals surface area contributed by atoms with Crippen molar-refractivity contribution in [2.75, 3.05) is 13.7 Å². The molecule has 0 bridgehead atoms. The Hall–Kier alpha value is -4.00.